The van der Waals surface area contributed by atoms with Crippen LogP contribution in [0, 0.1) is 46.6 Å². The van der Waals surface area contributed by atoms with Gasteiger partial charge in [-0.05, 0) is 42.2 Å². The Kier molecular flexibility index (Phi) is 10.8. The van der Waals surface area contributed by atoms with Crippen molar-refractivity contribution in [2.24, 2.45) is 5.92 Å². The minimum Gasteiger partial charge on any atom is -0.464 e. The molecule has 0 amide bonds. The summed E-state index contributed by atoms with van der Waals surface area (Å²) < 4.78 is 127. The van der Waals surface area contributed by atoms with Gasteiger partial charge >= 0.3 is 13.7 Å². The van der Waals surface area contributed by atoms with E-state index in [0.717, 1.165) is 12.1 Å². The van der Waals surface area contributed by atoms with E-state index >= 15 is 0 Å². The van der Waals surface area contributed by atoms with Crippen LogP contribution in [0.1, 0.15) is 32.3 Å². The van der Waals surface area contributed by atoms with Crippen molar-refractivity contribution in [3.63, 3.8) is 0 Å². The van der Waals surface area contributed by atoms with Gasteiger partial charge in [0, 0.05) is 6.07 Å². The molecule has 14 heteroatoms. The number of para-hydroxylation sites is 1. The van der Waals surface area contributed by atoms with E-state index < -0.39 is 72.6 Å². The van der Waals surface area contributed by atoms with Crippen molar-refractivity contribution in [3.05, 3.63) is 94.8 Å². The largest absolute Gasteiger partial charge is 0.513 e. The number of rotatable bonds is 13. The van der Waals surface area contributed by atoms with E-state index in [0.29, 0.717) is 18.9 Å². The summed E-state index contributed by atoms with van der Waals surface area (Å²) in [5.74, 6) is -17.6. The normalized spacial score (nSPS) is 13.5. The molecule has 0 aliphatic heterocycles. The van der Waals surface area contributed by atoms with Crippen LogP contribution in [-0.4, -0.2) is 18.6 Å². The van der Waals surface area contributed by atoms with Gasteiger partial charge in [-0.25, -0.2) is 26.5 Å². The van der Waals surface area contributed by atoms with Crippen LogP contribution in [0.3, 0.4) is 0 Å². The Balaban J connectivity index is 2.06. The molecule has 0 fully saturated rings. The van der Waals surface area contributed by atoms with Gasteiger partial charge in [-0.2, -0.15) is 13.9 Å². The van der Waals surface area contributed by atoms with E-state index in [9.17, 15) is 40.1 Å². The van der Waals surface area contributed by atoms with Crippen LogP contribution in [0.4, 0.5) is 30.7 Å². The Labute approximate surface area is 231 Å². The summed E-state index contributed by atoms with van der Waals surface area (Å²) in [6.45, 7) is 3.57. The second-order valence-electron chi connectivity index (χ2n) is 8.87. The van der Waals surface area contributed by atoms with Crippen LogP contribution in [0.5, 0.6) is 11.5 Å². The smallest absolute Gasteiger partial charge is 0.464 e. The molecule has 0 unspecified atom stereocenters. The van der Waals surface area contributed by atoms with Crippen LogP contribution in [0.25, 0.3) is 0 Å². The summed E-state index contributed by atoms with van der Waals surface area (Å²) in [4.78, 5) is 13.1. The zero-order valence-corrected chi connectivity index (χ0v) is 22.6. The SMILES string of the molecule is CCC(CC)COC(=O)[C@H](Cc1cc(F)cc(F)c1)N[P@](=O)(Oc1ccccc1)Oc1c(F)c(F)c(F)c(F)c1F. The van der Waals surface area contributed by atoms with Gasteiger partial charge in [-0.1, -0.05) is 44.9 Å². The quantitative estimate of drug-likeness (QED) is 0.0718. The highest BCUT2D eigenvalue weighted by Gasteiger charge is 2.40. The third kappa shape index (κ3) is 8.23. The Morgan fingerprint density at radius 2 is 1.34 bits per heavy atom. The predicted molar refractivity (Wildman–Crippen MR) is 134 cm³/mol. The number of hydrogen-bond donors (Lipinski definition) is 1. The van der Waals surface area contributed by atoms with Gasteiger partial charge in [-0.3, -0.25) is 4.79 Å². The first-order valence-electron chi connectivity index (χ1n) is 12.3. The number of halogens is 7. The number of carbonyl (C=O) groups is 1. The van der Waals surface area contributed by atoms with Gasteiger partial charge < -0.3 is 13.8 Å². The zero-order valence-electron chi connectivity index (χ0n) is 21.7. The monoisotopic (exact) mass is 607 g/mol. The topological polar surface area (TPSA) is 73.9 Å². The second-order valence-corrected chi connectivity index (χ2v) is 10.5. The third-order valence-electron chi connectivity index (χ3n) is 5.93. The molecule has 0 aliphatic carbocycles. The highest BCUT2D eigenvalue weighted by atomic mass is 31.2. The van der Waals surface area contributed by atoms with Crippen molar-refractivity contribution < 1.29 is 53.9 Å². The Morgan fingerprint density at radius 1 is 0.805 bits per heavy atom. The van der Waals surface area contributed by atoms with Crippen molar-refractivity contribution in [1.82, 2.24) is 5.09 Å². The van der Waals surface area contributed by atoms with Gasteiger partial charge in [-0.15, -0.1) is 0 Å². The summed E-state index contributed by atoms with van der Waals surface area (Å²) in [7, 11) is -5.28. The first kappa shape index (κ1) is 32.0. The van der Waals surface area contributed by atoms with Crippen molar-refractivity contribution in [1.29, 1.82) is 0 Å². The molecule has 2 atom stereocenters. The molecule has 0 bridgehead atoms. The molecule has 3 rings (SSSR count). The molecule has 0 saturated heterocycles. The fourth-order valence-electron chi connectivity index (χ4n) is 3.64. The maximum Gasteiger partial charge on any atom is 0.513 e. The average Bonchev–Trinajstić information content (AvgIpc) is 2.93. The standard InChI is InChI=1S/C27H25F7NO5P/c1-3-15(4-2)14-38-27(36)20(12-16-10-17(28)13-18(29)11-16)35-41(37,39-19-8-6-5-7-9-19)40-26-24(33)22(31)21(30)23(32)25(26)34/h5-11,13,15,20H,3-4,12,14H2,1-2H3,(H,35,37)/t20-,41-/m0/s1. The predicted octanol–water partition coefficient (Wildman–Crippen LogP) is 7.41. The molecule has 0 aliphatic rings. The van der Waals surface area contributed by atoms with Gasteiger partial charge in [0.05, 0.1) is 6.61 Å². The number of benzene rings is 3. The molecule has 0 saturated carbocycles. The molecule has 0 spiro atoms. The summed E-state index contributed by atoms with van der Waals surface area (Å²) >= 11 is 0. The summed E-state index contributed by atoms with van der Waals surface area (Å²) in [5.41, 5.74) is -0.137. The minimum atomic E-state index is -5.28. The van der Waals surface area contributed by atoms with Crippen LogP contribution in [0.2, 0.25) is 0 Å². The lowest BCUT2D eigenvalue weighted by Crippen LogP contribution is -2.40. The molecule has 1 N–H and O–H groups in total. The van der Waals surface area contributed by atoms with Crippen LogP contribution >= 0.6 is 7.75 Å². The molecule has 0 radical (unpaired) electrons. The molecule has 3 aromatic carbocycles. The fourth-order valence-corrected chi connectivity index (χ4v) is 5.16. The van der Waals surface area contributed by atoms with E-state index in [-0.39, 0.29) is 23.8 Å². The molecule has 0 heterocycles. The van der Waals surface area contributed by atoms with Crippen LogP contribution < -0.4 is 14.1 Å². The maximum absolute atomic E-state index is 14.5. The molecule has 3 aromatic rings. The van der Waals surface area contributed by atoms with Gasteiger partial charge in [0.25, 0.3) is 0 Å². The lowest BCUT2D eigenvalue weighted by atomic mass is 10.0. The minimum absolute atomic E-state index is 0.0804. The van der Waals surface area contributed by atoms with E-state index in [1.807, 2.05) is 13.8 Å². The highest BCUT2D eigenvalue weighted by Crippen LogP contribution is 2.48. The molecule has 41 heavy (non-hydrogen) atoms. The van der Waals surface area contributed by atoms with E-state index in [2.05, 4.69) is 5.09 Å². The Bertz CT molecular complexity index is 1370. The summed E-state index contributed by atoms with van der Waals surface area (Å²) in [6, 6.07) is 7.24. The summed E-state index contributed by atoms with van der Waals surface area (Å²) in [6.07, 6.45) is 0.630. The number of carbonyl (C=O) groups excluding carboxylic acids is 1. The van der Waals surface area contributed by atoms with Crippen LogP contribution in [0.15, 0.2) is 48.5 Å². The number of nitrogens with one attached hydrogen (secondary N) is 1. The molecular formula is C27H25F7NO5P. The molecule has 0 aromatic heterocycles. The van der Waals surface area contributed by atoms with Gasteiger partial charge in [0.1, 0.15) is 23.4 Å². The Hall–Kier alpha value is -3.57. The maximum atomic E-state index is 14.5. The first-order chi connectivity index (χ1) is 19.4. The van der Waals surface area contributed by atoms with E-state index in [1.54, 1.807) is 0 Å². The Morgan fingerprint density at radius 3 is 1.88 bits per heavy atom. The molecule has 222 valence electrons. The van der Waals surface area contributed by atoms with Crippen molar-refractivity contribution in [2.45, 2.75) is 39.2 Å². The third-order valence-corrected chi connectivity index (χ3v) is 7.43. The highest BCUT2D eigenvalue weighted by molar-refractivity contribution is 7.52. The van der Waals surface area contributed by atoms with E-state index in [4.69, 9.17) is 13.8 Å². The van der Waals surface area contributed by atoms with Crippen molar-refractivity contribution >= 4 is 13.7 Å². The average molecular weight is 607 g/mol. The van der Waals surface area contributed by atoms with Gasteiger partial charge in [0.15, 0.2) is 0 Å². The fraction of sp³-hybridized carbons (Fsp3) is 0.296. The van der Waals surface area contributed by atoms with Crippen molar-refractivity contribution in [3.8, 4) is 11.5 Å². The van der Waals surface area contributed by atoms with Crippen molar-refractivity contribution in [2.75, 3.05) is 6.61 Å². The number of hydrogen-bond acceptors (Lipinski definition) is 5. The molecular weight excluding hydrogens is 582 g/mol. The number of ether oxygens (including phenoxy) is 1. The number of esters is 1. The van der Waals surface area contributed by atoms with Gasteiger partial charge in [0.2, 0.25) is 34.8 Å². The van der Waals surface area contributed by atoms with Crippen LogP contribution in [-0.2, 0) is 20.5 Å². The second kappa shape index (κ2) is 13.9. The lowest BCUT2D eigenvalue weighted by molar-refractivity contribution is -0.147. The zero-order chi connectivity index (χ0) is 30.3. The summed E-state index contributed by atoms with van der Waals surface area (Å²) in [5, 5.41) is 2.10. The van der Waals surface area contributed by atoms with E-state index in [1.165, 1.54) is 30.3 Å². The first-order valence-corrected chi connectivity index (χ1v) is 13.9. The lowest BCUT2D eigenvalue weighted by Gasteiger charge is -2.26. The molecule has 6 nitrogen and oxygen atoms in total.